The molecule has 7 heteroatoms. The van der Waals surface area contributed by atoms with E-state index < -0.39 is 10.9 Å². The highest BCUT2D eigenvalue weighted by molar-refractivity contribution is 6.30. The Morgan fingerprint density at radius 3 is 2.24 bits per heavy atom. The number of nitrogens with zero attached hydrogens (tertiary/aromatic N) is 1. The normalized spacial score (nSPS) is 10.7. The number of non-ortho nitro benzene ring substituents is 1. The molecule has 0 bridgehead atoms. The van der Waals surface area contributed by atoms with Gasteiger partial charge in [-0.1, -0.05) is 41.9 Å². The van der Waals surface area contributed by atoms with Gasteiger partial charge in [0.25, 0.3) is 5.69 Å². The van der Waals surface area contributed by atoms with Gasteiger partial charge in [0.1, 0.15) is 5.75 Å². The summed E-state index contributed by atoms with van der Waals surface area (Å²) in [6, 6.07) is 18.3. The number of ketones is 1. The number of allylic oxidation sites excluding steroid dienone is 1. The Balaban J connectivity index is 1.77. The average molecular weight is 408 g/mol. The highest BCUT2D eigenvalue weighted by Crippen LogP contribution is 2.22. The standard InChI is InChI=1S/C22H14ClNO5/c23-17-10-5-15(6-11-17)7-14-20(25)19-3-1-2-4-21(19)29-22(26)16-8-12-18(13-9-16)24(27)28/h1-14H. The number of para-hydroxylation sites is 1. The number of halogens is 1. The minimum atomic E-state index is -0.721. The molecule has 144 valence electrons. The third-order valence-corrected chi connectivity index (χ3v) is 4.22. The highest BCUT2D eigenvalue weighted by Gasteiger charge is 2.16. The maximum Gasteiger partial charge on any atom is 0.343 e. The van der Waals surface area contributed by atoms with Crippen LogP contribution in [0.1, 0.15) is 26.3 Å². The van der Waals surface area contributed by atoms with Crippen molar-refractivity contribution in [3.05, 3.63) is 111 Å². The zero-order valence-electron chi connectivity index (χ0n) is 14.9. The van der Waals surface area contributed by atoms with Crippen molar-refractivity contribution in [3.63, 3.8) is 0 Å². The van der Waals surface area contributed by atoms with Crippen LogP contribution < -0.4 is 4.74 Å². The predicted molar refractivity (Wildman–Crippen MR) is 109 cm³/mol. The molecule has 0 aromatic heterocycles. The van der Waals surface area contributed by atoms with Crippen LogP contribution in [0.5, 0.6) is 5.75 Å². The molecule has 0 saturated heterocycles. The Hall–Kier alpha value is -3.77. The molecule has 6 nitrogen and oxygen atoms in total. The van der Waals surface area contributed by atoms with E-state index in [1.165, 1.54) is 36.4 Å². The fraction of sp³-hybridized carbons (Fsp3) is 0. The summed E-state index contributed by atoms with van der Waals surface area (Å²) < 4.78 is 5.34. The molecule has 0 N–H and O–H groups in total. The van der Waals surface area contributed by atoms with Gasteiger partial charge in [0, 0.05) is 17.2 Å². The lowest BCUT2D eigenvalue weighted by atomic mass is 10.1. The van der Waals surface area contributed by atoms with Gasteiger partial charge in [-0.2, -0.15) is 0 Å². The Kier molecular flexibility index (Phi) is 6.16. The first kappa shape index (κ1) is 20.0. The number of carbonyl (C=O) groups is 2. The molecule has 3 aromatic rings. The van der Waals surface area contributed by atoms with Crippen LogP contribution >= 0.6 is 11.6 Å². The number of carbonyl (C=O) groups excluding carboxylic acids is 2. The van der Waals surface area contributed by atoms with Crippen molar-refractivity contribution in [2.75, 3.05) is 0 Å². The second-order valence-corrected chi connectivity index (χ2v) is 6.38. The van der Waals surface area contributed by atoms with E-state index in [9.17, 15) is 19.7 Å². The minimum Gasteiger partial charge on any atom is -0.422 e. The number of ether oxygens (including phenoxy) is 1. The predicted octanol–water partition coefficient (Wildman–Crippen LogP) is 5.36. The Morgan fingerprint density at radius 1 is 0.931 bits per heavy atom. The van der Waals surface area contributed by atoms with Gasteiger partial charge in [0.05, 0.1) is 16.1 Å². The van der Waals surface area contributed by atoms with E-state index in [2.05, 4.69) is 0 Å². The number of hydrogen-bond donors (Lipinski definition) is 0. The molecule has 3 aromatic carbocycles. The molecule has 0 atom stereocenters. The topological polar surface area (TPSA) is 86.5 Å². The molecular weight excluding hydrogens is 394 g/mol. The van der Waals surface area contributed by atoms with Crippen LogP contribution in [-0.2, 0) is 0 Å². The van der Waals surface area contributed by atoms with E-state index in [0.29, 0.717) is 5.02 Å². The number of rotatable bonds is 6. The highest BCUT2D eigenvalue weighted by atomic mass is 35.5. The Morgan fingerprint density at radius 2 is 1.59 bits per heavy atom. The fourth-order valence-electron chi connectivity index (χ4n) is 2.47. The molecule has 3 rings (SSSR count). The molecule has 0 saturated carbocycles. The maximum atomic E-state index is 12.6. The van der Waals surface area contributed by atoms with E-state index in [0.717, 1.165) is 5.56 Å². The molecule has 0 aliphatic heterocycles. The largest absolute Gasteiger partial charge is 0.422 e. The van der Waals surface area contributed by atoms with E-state index >= 15 is 0 Å². The molecule has 0 heterocycles. The summed E-state index contributed by atoms with van der Waals surface area (Å²) >= 11 is 5.84. The van der Waals surface area contributed by atoms with Crippen molar-refractivity contribution in [1.29, 1.82) is 0 Å². The minimum absolute atomic E-state index is 0.0987. The molecule has 0 aliphatic carbocycles. The van der Waals surface area contributed by atoms with Crippen LogP contribution in [0.4, 0.5) is 5.69 Å². The summed E-state index contributed by atoms with van der Waals surface area (Å²) in [6.45, 7) is 0. The van der Waals surface area contributed by atoms with Gasteiger partial charge in [-0.05, 0) is 48.0 Å². The van der Waals surface area contributed by atoms with Gasteiger partial charge in [0.15, 0.2) is 5.78 Å². The lowest BCUT2D eigenvalue weighted by Gasteiger charge is -2.08. The van der Waals surface area contributed by atoms with Gasteiger partial charge in [-0.3, -0.25) is 14.9 Å². The average Bonchev–Trinajstić information content (AvgIpc) is 2.73. The van der Waals surface area contributed by atoms with Crippen molar-refractivity contribution >= 4 is 35.1 Å². The summed E-state index contributed by atoms with van der Waals surface area (Å²) in [5, 5.41) is 11.3. The van der Waals surface area contributed by atoms with Crippen LogP contribution in [0.15, 0.2) is 78.9 Å². The summed E-state index contributed by atoms with van der Waals surface area (Å²) in [5.41, 5.74) is 1.01. The van der Waals surface area contributed by atoms with Gasteiger partial charge in [0.2, 0.25) is 0 Å². The number of nitro benzene ring substituents is 1. The second-order valence-electron chi connectivity index (χ2n) is 5.94. The van der Waals surface area contributed by atoms with Gasteiger partial charge in [-0.25, -0.2) is 4.79 Å². The zero-order chi connectivity index (χ0) is 20.8. The lowest BCUT2D eigenvalue weighted by molar-refractivity contribution is -0.384. The van der Waals surface area contributed by atoms with E-state index in [1.807, 2.05) is 0 Å². The molecule has 0 unspecified atom stereocenters. The fourth-order valence-corrected chi connectivity index (χ4v) is 2.60. The first-order chi connectivity index (χ1) is 13.9. The van der Waals surface area contributed by atoms with Crippen LogP contribution in [0.2, 0.25) is 5.02 Å². The first-order valence-electron chi connectivity index (χ1n) is 8.48. The number of esters is 1. The van der Waals surface area contributed by atoms with Crippen molar-refractivity contribution < 1.29 is 19.2 Å². The zero-order valence-corrected chi connectivity index (χ0v) is 15.7. The van der Waals surface area contributed by atoms with Crippen LogP contribution in [-0.4, -0.2) is 16.7 Å². The number of nitro groups is 1. The number of benzene rings is 3. The molecule has 0 fully saturated rings. The molecule has 0 spiro atoms. The van der Waals surface area contributed by atoms with Gasteiger partial charge < -0.3 is 4.74 Å². The number of hydrogen-bond acceptors (Lipinski definition) is 5. The van der Waals surface area contributed by atoms with Crippen molar-refractivity contribution in [2.45, 2.75) is 0 Å². The Labute approximate surface area is 171 Å². The lowest BCUT2D eigenvalue weighted by Crippen LogP contribution is -2.11. The van der Waals surface area contributed by atoms with Gasteiger partial charge >= 0.3 is 5.97 Å². The SMILES string of the molecule is O=C(Oc1ccccc1C(=O)C=Cc1ccc(Cl)cc1)c1ccc([N+](=O)[O-])cc1. The quantitative estimate of drug-likeness (QED) is 0.137. The van der Waals surface area contributed by atoms with Crippen LogP contribution in [0.25, 0.3) is 6.08 Å². The third kappa shape index (κ3) is 5.15. The Bertz CT molecular complexity index is 1090. The first-order valence-corrected chi connectivity index (χ1v) is 8.85. The van der Waals surface area contributed by atoms with Crippen molar-refractivity contribution in [3.8, 4) is 5.75 Å². The van der Waals surface area contributed by atoms with Gasteiger partial charge in [-0.15, -0.1) is 0 Å². The molecule has 29 heavy (non-hydrogen) atoms. The summed E-state index contributed by atoms with van der Waals surface area (Å²) in [7, 11) is 0. The molecule has 0 radical (unpaired) electrons. The summed E-state index contributed by atoms with van der Waals surface area (Å²) in [6.07, 6.45) is 3.01. The molecular formula is C22H14ClNO5. The molecule has 0 aliphatic rings. The third-order valence-electron chi connectivity index (χ3n) is 3.97. The van der Waals surface area contributed by atoms with E-state index in [4.69, 9.17) is 16.3 Å². The van der Waals surface area contributed by atoms with Crippen LogP contribution in [0, 0.1) is 10.1 Å². The second kappa shape index (κ2) is 8.95. The van der Waals surface area contributed by atoms with Crippen LogP contribution in [0.3, 0.4) is 0 Å². The van der Waals surface area contributed by atoms with Crippen molar-refractivity contribution in [1.82, 2.24) is 0 Å². The smallest absolute Gasteiger partial charge is 0.343 e. The summed E-state index contributed by atoms with van der Waals surface area (Å²) in [4.78, 5) is 35.1. The molecule has 0 amide bonds. The van der Waals surface area contributed by atoms with E-state index in [-0.39, 0.29) is 28.3 Å². The van der Waals surface area contributed by atoms with Crippen molar-refractivity contribution in [2.24, 2.45) is 0 Å². The maximum absolute atomic E-state index is 12.6. The summed E-state index contributed by atoms with van der Waals surface area (Å²) in [5.74, 6) is -0.963. The van der Waals surface area contributed by atoms with E-state index in [1.54, 1.807) is 48.5 Å². The monoisotopic (exact) mass is 407 g/mol.